The summed E-state index contributed by atoms with van der Waals surface area (Å²) in [7, 11) is -3.65. The molecule has 1 N–H and O–H groups in total. The zero-order valence-corrected chi connectivity index (χ0v) is 16.0. The lowest BCUT2D eigenvalue weighted by Crippen LogP contribution is -2.49. The molecular weight excluding hydrogens is 340 g/mol. The van der Waals surface area contributed by atoms with Crippen LogP contribution in [0.25, 0.3) is 0 Å². The number of carbonyl (C=O) groups excluding carboxylic acids is 1. The van der Waals surface area contributed by atoms with Crippen LogP contribution in [0.2, 0.25) is 0 Å². The van der Waals surface area contributed by atoms with Crippen molar-refractivity contribution in [3.05, 3.63) is 29.8 Å². The number of hydrogen-bond donors (Lipinski definition) is 1. The van der Waals surface area contributed by atoms with E-state index in [0.29, 0.717) is 31.2 Å². The molecule has 1 saturated heterocycles. The molecule has 140 valence electrons. The molecule has 1 aliphatic rings. The van der Waals surface area contributed by atoms with E-state index in [4.69, 9.17) is 4.74 Å². The first-order valence-electron chi connectivity index (χ1n) is 8.72. The van der Waals surface area contributed by atoms with E-state index in [1.54, 1.807) is 12.1 Å². The minimum atomic E-state index is -3.65. The molecule has 1 aliphatic heterocycles. The summed E-state index contributed by atoms with van der Waals surface area (Å²) in [6.07, 6.45) is 0.913. The Morgan fingerprint density at radius 2 is 1.96 bits per heavy atom. The molecule has 6 nitrogen and oxygen atoms in total. The lowest BCUT2D eigenvalue weighted by atomic mass is 10.0. The highest BCUT2D eigenvalue weighted by Crippen LogP contribution is 2.16. The molecular formula is C18H28N2O4S. The molecule has 0 aliphatic carbocycles. The Labute approximate surface area is 150 Å². The average molecular weight is 368 g/mol. The van der Waals surface area contributed by atoms with Crippen molar-refractivity contribution in [2.45, 2.75) is 38.1 Å². The van der Waals surface area contributed by atoms with Gasteiger partial charge in [-0.1, -0.05) is 26.0 Å². The van der Waals surface area contributed by atoms with Crippen molar-refractivity contribution < 1.29 is 17.9 Å². The number of carbonyl (C=O) groups is 1. The average Bonchev–Trinajstić information content (AvgIpc) is 2.59. The highest BCUT2D eigenvalue weighted by Gasteiger charge is 2.24. The Balaban J connectivity index is 2.09. The third-order valence-electron chi connectivity index (χ3n) is 4.37. The standard InChI is InChI=1S/C18H28N2O4S/c1-14(2)11-17(20-7-9-24-10-8-20)13-19-25(22,23)18-6-4-5-16(12-18)15(3)21/h4-6,12,14,17,19H,7-11,13H2,1-3H3. The lowest BCUT2D eigenvalue weighted by molar-refractivity contribution is 0.0134. The second kappa shape index (κ2) is 8.89. The smallest absolute Gasteiger partial charge is 0.240 e. The second-order valence-electron chi connectivity index (χ2n) is 6.87. The molecule has 1 atom stereocenters. The largest absolute Gasteiger partial charge is 0.379 e. The lowest BCUT2D eigenvalue weighted by Gasteiger charge is -2.35. The summed E-state index contributed by atoms with van der Waals surface area (Å²) in [6.45, 7) is 9.06. The van der Waals surface area contributed by atoms with Gasteiger partial charge in [0.25, 0.3) is 0 Å². The van der Waals surface area contributed by atoms with Gasteiger partial charge in [0.1, 0.15) is 0 Å². The van der Waals surface area contributed by atoms with E-state index < -0.39 is 10.0 Å². The Morgan fingerprint density at radius 1 is 1.28 bits per heavy atom. The molecule has 1 heterocycles. The van der Waals surface area contributed by atoms with Crippen molar-refractivity contribution in [1.82, 2.24) is 9.62 Å². The van der Waals surface area contributed by atoms with Crippen LogP contribution in [-0.2, 0) is 14.8 Å². The molecule has 1 aromatic rings. The number of sulfonamides is 1. The van der Waals surface area contributed by atoms with Gasteiger partial charge < -0.3 is 4.74 Å². The highest BCUT2D eigenvalue weighted by atomic mass is 32.2. The van der Waals surface area contributed by atoms with E-state index in [2.05, 4.69) is 23.5 Å². The predicted octanol–water partition coefficient (Wildman–Crippen LogP) is 1.91. The zero-order valence-electron chi connectivity index (χ0n) is 15.2. The van der Waals surface area contributed by atoms with Crippen molar-refractivity contribution in [2.75, 3.05) is 32.8 Å². The number of ketones is 1. The maximum atomic E-state index is 12.6. The molecule has 25 heavy (non-hydrogen) atoms. The molecule has 1 fully saturated rings. The fourth-order valence-corrected chi connectivity index (χ4v) is 4.14. The van der Waals surface area contributed by atoms with Gasteiger partial charge in [0, 0.05) is 31.2 Å². The van der Waals surface area contributed by atoms with E-state index in [0.717, 1.165) is 19.5 Å². The number of nitrogens with zero attached hydrogens (tertiary/aromatic N) is 1. The zero-order chi connectivity index (χ0) is 18.4. The Bertz CT molecular complexity index is 682. The van der Waals surface area contributed by atoms with Crippen LogP contribution >= 0.6 is 0 Å². The molecule has 0 aromatic heterocycles. The summed E-state index contributed by atoms with van der Waals surface area (Å²) in [6, 6.07) is 6.29. The molecule has 0 spiro atoms. The quantitative estimate of drug-likeness (QED) is 0.710. The third-order valence-corrected chi connectivity index (χ3v) is 5.79. The van der Waals surface area contributed by atoms with Gasteiger partial charge in [0.15, 0.2) is 5.78 Å². The summed E-state index contributed by atoms with van der Waals surface area (Å²) >= 11 is 0. The maximum Gasteiger partial charge on any atom is 0.240 e. The number of nitrogens with one attached hydrogen (secondary N) is 1. The Kier molecular flexibility index (Phi) is 7.13. The number of Topliss-reactive ketones (excluding diaryl/α,β-unsaturated/α-hetero) is 1. The summed E-state index contributed by atoms with van der Waals surface area (Å²) in [5, 5.41) is 0. The predicted molar refractivity (Wildman–Crippen MR) is 97.3 cm³/mol. The Hall–Kier alpha value is -1.28. The minimum Gasteiger partial charge on any atom is -0.379 e. The van der Waals surface area contributed by atoms with Gasteiger partial charge in [0.05, 0.1) is 18.1 Å². The van der Waals surface area contributed by atoms with Crippen molar-refractivity contribution in [1.29, 1.82) is 0 Å². The molecule has 1 aromatic carbocycles. The summed E-state index contributed by atoms with van der Waals surface area (Å²) in [4.78, 5) is 13.9. The topological polar surface area (TPSA) is 75.7 Å². The first kappa shape index (κ1) is 20.0. The number of rotatable bonds is 8. The number of benzene rings is 1. The monoisotopic (exact) mass is 368 g/mol. The summed E-state index contributed by atoms with van der Waals surface area (Å²) < 4.78 is 33.3. The van der Waals surface area contributed by atoms with E-state index in [1.165, 1.54) is 19.1 Å². The number of morpholine rings is 1. The SMILES string of the molecule is CC(=O)c1cccc(S(=O)(=O)NCC(CC(C)C)N2CCOCC2)c1. The van der Waals surface area contributed by atoms with Crippen LogP contribution in [-0.4, -0.2) is 58.0 Å². The molecule has 0 bridgehead atoms. The normalized spacial score (nSPS) is 17.6. The van der Waals surface area contributed by atoms with Crippen LogP contribution in [0.3, 0.4) is 0 Å². The molecule has 0 saturated carbocycles. The second-order valence-corrected chi connectivity index (χ2v) is 8.63. The van der Waals surface area contributed by atoms with Crippen molar-refractivity contribution in [3.63, 3.8) is 0 Å². The third kappa shape index (κ3) is 5.88. The van der Waals surface area contributed by atoms with Gasteiger partial charge in [-0.2, -0.15) is 0 Å². The van der Waals surface area contributed by atoms with Crippen molar-refractivity contribution >= 4 is 15.8 Å². The van der Waals surface area contributed by atoms with Gasteiger partial charge in [-0.05, 0) is 31.4 Å². The number of ether oxygens (including phenoxy) is 1. The van der Waals surface area contributed by atoms with E-state index in [9.17, 15) is 13.2 Å². The highest BCUT2D eigenvalue weighted by molar-refractivity contribution is 7.89. The van der Waals surface area contributed by atoms with Crippen molar-refractivity contribution in [3.8, 4) is 0 Å². The van der Waals surface area contributed by atoms with Crippen LogP contribution in [0.15, 0.2) is 29.2 Å². The first-order valence-corrected chi connectivity index (χ1v) is 10.2. The fraction of sp³-hybridized carbons (Fsp3) is 0.611. The minimum absolute atomic E-state index is 0.130. The summed E-state index contributed by atoms with van der Waals surface area (Å²) in [5.41, 5.74) is 0.398. The van der Waals surface area contributed by atoms with Gasteiger partial charge in [-0.15, -0.1) is 0 Å². The van der Waals surface area contributed by atoms with Crippen LogP contribution in [0.1, 0.15) is 37.6 Å². The molecule has 0 radical (unpaired) electrons. The van der Waals surface area contributed by atoms with Crippen LogP contribution < -0.4 is 4.72 Å². The maximum absolute atomic E-state index is 12.6. The molecule has 2 rings (SSSR count). The van der Waals surface area contributed by atoms with E-state index >= 15 is 0 Å². The first-order chi connectivity index (χ1) is 11.8. The van der Waals surface area contributed by atoms with E-state index in [1.807, 2.05) is 0 Å². The van der Waals surface area contributed by atoms with Gasteiger partial charge in [-0.25, -0.2) is 13.1 Å². The fourth-order valence-electron chi connectivity index (χ4n) is 3.02. The van der Waals surface area contributed by atoms with Gasteiger partial charge >= 0.3 is 0 Å². The molecule has 1 unspecified atom stereocenters. The van der Waals surface area contributed by atoms with Gasteiger partial charge in [0.2, 0.25) is 10.0 Å². The van der Waals surface area contributed by atoms with Crippen molar-refractivity contribution in [2.24, 2.45) is 5.92 Å². The van der Waals surface area contributed by atoms with Crippen LogP contribution in [0, 0.1) is 5.92 Å². The Morgan fingerprint density at radius 3 is 2.56 bits per heavy atom. The number of hydrogen-bond acceptors (Lipinski definition) is 5. The van der Waals surface area contributed by atoms with Gasteiger partial charge in [-0.3, -0.25) is 9.69 Å². The molecule has 0 amide bonds. The summed E-state index contributed by atoms with van der Waals surface area (Å²) in [5.74, 6) is 0.321. The molecule has 7 heteroatoms. The van der Waals surface area contributed by atoms with Crippen LogP contribution in [0.4, 0.5) is 0 Å². The van der Waals surface area contributed by atoms with Crippen LogP contribution in [0.5, 0.6) is 0 Å². The van der Waals surface area contributed by atoms with E-state index in [-0.39, 0.29) is 16.7 Å².